The van der Waals surface area contributed by atoms with Crippen LogP contribution in [-0.2, 0) is 12.8 Å². The number of aliphatic hydroxyl groups excluding tert-OH is 1. The van der Waals surface area contributed by atoms with Crippen molar-refractivity contribution >= 4 is 18.2 Å². The number of hydrogen-bond donors (Lipinski definition) is 1. The summed E-state index contributed by atoms with van der Waals surface area (Å²) in [6, 6.07) is 8.62. The highest BCUT2D eigenvalue weighted by Crippen LogP contribution is 2.23. The van der Waals surface area contributed by atoms with Crippen LogP contribution in [0.15, 0.2) is 48.9 Å². The molecule has 6 nitrogen and oxygen atoms in total. The quantitative estimate of drug-likeness (QED) is 0.625. The standard InChI is InChI=1S/C23H26FN5O.ClH/c1-16(17-2-4-18(24)5-3-17)12-22-27-19(13-20-15-25-8-9-26-20)14-23(28-22)29-10-6-21(30)7-11-29;/h2-5,8-9,14-16,21,30H,6-7,10-13H2,1H3;1H/t16-;/m1./s1. The molecule has 0 bridgehead atoms. The van der Waals surface area contributed by atoms with Crippen LogP contribution in [0.3, 0.4) is 0 Å². The second kappa shape index (κ2) is 10.6. The summed E-state index contributed by atoms with van der Waals surface area (Å²) < 4.78 is 13.3. The summed E-state index contributed by atoms with van der Waals surface area (Å²) in [4.78, 5) is 20.3. The third-order valence-corrected chi connectivity index (χ3v) is 5.51. The van der Waals surface area contributed by atoms with Crippen molar-refractivity contribution in [2.45, 2.75) is 44.6 Å². The molecule has 0 saturated carbocycles. The van der Waals surface area contributed by atoms with Crippen molar-refractivity contribution in [3.8, 4) is 0 Å². The minimum absolute atomic E-state index is 0. The third-order valence-electron chi connectivity index (χ3n) is 5.51. The van der Waals surface area contributed by atoms with E-state index in [1.807, 2.05) is 18.2 Å². The Morgan fingerprint density at radius 3 is 2.52 bits per heavy atom. The van der Waals surface area contributed by atoms with Crippen molar-refractivity contribution in [2.24, 2.45) is 0 Å². The predicted molar refractivity (Wildman–Crippen MR) is 120 cm³/mol. The van der Waals surface area contributed by atoms with E-state index in [0.29, 0.717) is 12.8 Å². The summed E-state index contributed by atoms with van der Waals surface area (Å²) in [5.41, 5.74) is 2.81. The molecule has 1 fully saturated rings. The Balaban J connectivity index is 0.00000272. The van der Waals surface area contributed by atoms with Crippen molar-refractivity contribution in [3.05, 3.63) is 77.5 Å². The molecule has 0 radical (unpaired) electrons. The molecule has 1 aliphatic heterocycles. The van der Waals surface area contributed by atoms with Gasteiger partial charge in [0.05, 0.1) is 17.5 Å². The van der Waals surface area contributed by atoms with Gasteiger partial charge in [0.2, 0.25) is 0 Å². The second-order valence-electron chi connectivity index (χ2n) is 7.88. The normalized spacial score (nSPS) is 15.4. The minimum atomic E-state index is -0.236. The van der Waals surface area contributed by atoms with Crippen molar-refractivity contribution in [1.82, 2.24) is 19.9 Å². The molecule has 1 atom stereocenters. The van der Waals surface area contributed by atoms with Crippen molar-refractivity contribution < 1.29 is 9.50 Å². The van der Waals surface area contributed by atoms with Crippen LogP contribution in [-0.4, -0.2) is 44.2 Å². The average Bonchev–Trinajstić information content (AvgIpc) is 2.75. The van der Waals surface area contributed by atoms with Crippen LogP contribution in [0.25, 0.3) is 0 Å². The SMILES string of the molecule is C[C@H](Cc1nc(Cc2cnccn2)cc(N2CCC(O)CC2)n1)c1ccc(F)cc1.Cl. The molecule has 4 rings (SSSR count). The number of aromatic nitrogens is 4. The van der Waals surface area contributed by atoms with E-state index in [1.54, 1.807) is 18.6 Å². The molecule has 0 spiro atoms. The zero-order chi connectivity index (χ0) is 20.9. The summed E-state index contributed by atoms with van der Waals surface area (Å²) >= 11 is 0. The highest BCUT2D eigenvalue weighted by Gasteiger charge is 2.20. The van der Waals surface area contributed by atoms with Gasteiger partial charge in [0.25, 0.3) is 0 Å². The van der Waals surface area contributed by atoms with Crippen LogP contribution >= 0.6 is 12.4 Å². The molecule has 0 unspecified atom stereocenters. The fourth-order valence-corrected chi connectivity index (χ4v) is 3.77. The Hall–Kier alpha value is -2.64. The first-order valence-corrected chi connectivity index (χ1v) is 10.4. The predicted octanol–water partition coefficient (Wildman–Crippen LogP) is 3.73. The third kappa shape index (κ3) is 6.18. The number of anilines is 1. The van der Waals surface area contributed by atoms with E-state index >= 15 is 0 Å². The highest BCUT2D eigenvalue weighted by molar-refractivity contribution is 5.85. The maximum absolute atomic E-state index is 13.3. The molecule has 1 N–H and O–H groups in total. The fraction of sp³-hybridized carbons (Fsp3) is 0.391. The molecular weight excluding hydrogens is 417 g/mol. The molecule has 164 valence electrons. The molecule has 1 aromatic carbocycles. The van der Waals surface area contributed by atoms with Crippen LogP contribution < -0.4 is 4.90 Å². The Kier molecular flexibility index (Phi) is 7.87. The number of nitrogens with zero attached hydrogens (tertiary/aromatic N) is 5. The summed E-state index contributed by atoms with van der Waals surface area (Å²) in [6.45, 7) is 3.65. The molecule has 2 aromatic heterocycles. The van der Waals surface area contributed by atoms with Gasteiger partial charge in [-0.05, 0) is 36.5 Å². The number of rotatable bonds is 6. The zero-order valence-corrected chi connectivity index (χ0v) is 18.3. The van der Waals surface area contributed by atoms with Gasteiger partial charge >= 0.3 is 0 Å². The van der Waals surface area contributed by atoms with Crippen LogP contribution in [0.5, 0.6) is 0 Å². The smallest absolute Gasteiger partial charge is 0.132 e. The second-order valence-corrected chi connectivity index (χ2v) is 7.88. The van der Waals surface area contributed by atoms with Crippen LogP contribution in [0, 0.1) is 5.82 Å². The lowest BCUT2D eigenvalue weighted by atomic mass is 9.97. The van der Waals surface area contributed by atoms with Crippen molar-refractivity contribution in [3.63, 3.8) is 0 Å². The van der Waals surface area contributed by atoms with Gasteiger partial charge in [0.15, 0.2) is 0 Å². The minimum Gasteiger partial charge on any atom is -0.393 e. The first-order chi connectivity index (χ1) is 14.6. The number of benzene rings is 1. The average molecular weight is 444 g/mol. The maximum Gasteiger partial charge on any atom is 0.132 e. The zero-order valence-electron chi connectivity index (χ0n) is 17.5. The van der Waals surface area contributed by atoms with Gasteiger partial charge in [-0.2, -0.15) is 0 Å². The lowest BCUT2D eigenvalue weighted by Crippen LogP contribution is -2.36. The van der Waals surface area contributed by atoms with Crippen molar-refractivity contribution in [2.75, 3.05) is 18.0 Å². The Labute approximate surface area is 188 Å². The Morgan fingerprint density at radius 1 is 1.10 bits per heavy atom. The molecule has 1 aliphatic rings. The molecule has 8 heteroatoms. The molecule has 31 heavy (non-hydrogen) atoms. The van der Waals surface area contributed by atoms with Gasteiger partial charge in [-0.3, -0.25) is 9.97 Å². The Morgan fingerprint density at radius 2 is 1.84 bits per heavy atom. The molecule has 1 saturated heterocycles. The first kappa shape index (κ1) is 23.0. The van der Waals surface area contributed by atoms with Crippen LogP contribution in [0.1, 0.15) is 48.5 Å². The van der Waals surface area contributed by atoms with E-state index in [4.69, 9.17) is 9.97 Å². The van der Waals surface area contributed by atoms with E-state index in [1.165, 1.54) is 12.1 Å². The van der Waals surface area contributed by atoms with E-state index in [-0.39, 0.29) is 30.2 Å². The molecule has 3 heterocycles. The van der Waals surface area contributed by atoms with E-state index in [2.05, 4.69) is 21.8 Å². The fourth-order valence-electron chi connectivity index (χ4n) is 3.77. The van der Waals surface area contributed by atoms with Gasteiger partial charge in [0.1, 0.15) is 17.5 Å². The van der Waals surface area contributed by atoms with Gasteiger partial charge in [-0.25, -0.2) is 14.4 Å². The van der Waals surface area contributed by atoms with Crippen LogP contribution in [0.4, 0.5) is 10.2 Å². The number of aliphatic hydroxyl groups is 1. The highest BCUT2D eigenvalue weighted by atomic mass is 35.5. The lowest BCUT2D eigenvalue weighted by molar-refractivity contribution is 0.145. The van der Waals surface area contributed by atoms with Gasteiger partial charge in [-0.1, -0.05) is 19.1 Å². The van der Waals surface area contributed by atoms with E-state index in [0.717, 1.165) is 54.5 Å². The molecule has 3 aromatic rings. The van der Waals surface area contributed by atoms with Gasteiger partial charge in [0, 0.05) is 50.6 Å². The van der Waals surface area contributed by atoms with Gasteiger partial charge in [-0.15, -0.1) is 12.4 Å². The first-order valence-electron chi connectivity index (χ1n) is 10.4. The van der Waals surface area contributed by atoms with Gasteiger partial charge < -0.3 is 10.0 Å². The summed E-state index contributed by atoms with van der Waals surface area (Å²) in [5.74, 6) is 1.57. The van der Waals surface area contributed by atoms with E-state index < -0.39 is 0 Å². The topological polar surface area (TPSA) is 75.0 Å². The maximum atomic E-state index is 13.3. The van der Waals surface area contributed by atoms with Crippen LogP contribution in [0.2, 0.25) is 0 Å². The largest absolute Gasteiger partial charge is 0.393 e. The molecule has 0 amide bonds. The summed E-state index contributed by atoms with van der Waals surface area (Å²) in [7, 11) is 0. The summed E-state index contributed by atoms with van der Waals surface area (Å²) in [5, 5.41) is 9.84. The molecular formula is C23H27ClFN5O. The summed E-state index contributed by atoms with van der Waals surface area (Å²) in [6.07, 6.45) is 7.57. The number of halogens is 2. The monoisotopic (exact) mass is 443 g/mol. The molecule has 0 aliphatic carbocycles. The number of piperidine rings is 1. The Bertz CT molecular complexity index is 965. The number of hydrogen-bond acceptors (Lipinski definition) is 6. The lowest BCUT2D eigenvalue weighted by Gasteiger charge is -2.31. The van der Waals surface area contributed by atoms with E-state index in [9.17, 15) is 9.50 Å². The van der Waals surface area contributed by atoms with Crippen molar-refractivity contribution in [1.29, 1.82) is 0 Å².